The Morgan fingerprint density at radius 3 is 2.17 bits per heavy atom. The van der Waals surface area contributed by atoms with E-state index in [-0.39, 0.29) is 11.6 Å². The van der Waals surface area contributed by atoms with Crippen LogP contribution in [0.4, 0.5) is 0 Å². The van der Waals surface area contributed by atoms with Gasteiger partial charge in [-0.15, -0.1) is 0 Å². The minimum atomic E-state index is -0.139. The number of carbonyl (C=O) groups is 1. The fourth-order valence-corrected chi connectivity index (χ4v) is 5.99. The highest BCUT2D eigenvalue weighted by atomic mass is 16.6. The maximum Gasteiger partial charge on any atom is 0.333 e. The number of ether oxygens (including phenoxy) is 1. The number of fused-ring (bicyclic) bond motifs is 9. The first-order valence-corrected chi connectivity index (χ1v) is 7.51. The van der Waals surface area contributed by atoms with E-state index in [4.69, 9.17) is 4.74 Å². The van der Waals surface area contributed by atoms with Crippen LogP contribution in [0.15, 0.2) is 12.2 Å². The van der Waals surface area contributed by atoms with Crippen LogP contribution in [0.25, 0.3) is 0 Å². The monoisotopic (exact) mass is 246 g/mol. The van der Waals surface area contributed by atoms with E-state index < -0.39 is 0 Å². The van der Waals surface area contributed by atoms with Gasteiger partial charge in [-0.05, 0) is 69.1 Å². The second-order valence-corrected chi connectivity index (χ2v) is 7.09. The number of hydrogen-bond acceptors (Lipinski definition) is 2. The highest BCUT2D eigenvalue weighted by Gasteiger charge is 2.71. The van der Waals surface area contributed by atoms with E-state index in [9.17, 15) is 4.79 Å². The molecular formula is C16H22O2. The van der Waals surface area contributed by atoms with Crippen LogP contribution in [-0.2, 0) is 9.53 Å². The zero-order chi connectivity index (χ0) is 12.5. The van der Waals surface area contributed by atoms with Gasteiger partial charge in [0.25, 0.3) is 0 Å². The lowest BCUT2D eigenvalue weighted by Crippen LogP contribution is -2.51. The molecule has 0 aromatic rings. The number of rotatable bonds is 2. The normalized spacial score (nSPS) is 51.5. The van der Waals surface area contributed by atoms with E-state index in [1.54, 1.807) is 6.92 Å². The summed E-state index contributed by atoms with van der Waals surface area (Å²) in [5.41, 5.74) is 0.496. The van der Waals surface area contributed by atoms with Gasteiger partial charge in [0, 0.05) is 11.5 Å². The quantitative estimate of drug-likeness (QED) is 0.424. The molecule has 0 aromatic heterocycles. The molecule has 0 aliphatic heterocycles. The first-order chi connectivity index (χ1) is 8.63. The third-order valence-electron chi connectivity index (χ3n) is 6.38. The number of hydrogen-bond donors (Lipinski definition) is 0. The third kappa shape index (κ3) is 1.13. The minimum Gasteiger partial charge on any atom is -0.455 e. The molecule has 4 atom stereocenters. The number of esters is 1. The molecule has 2 heteroatoms. The predicted octanol–water partition coefficient (Wildman–Crippen LogP) is 3.32. The molecule has 4 aliphatic rings. The molecule has 18 heavy (non-hydrogen) atoms. The highest BCUT2D eigenvalue weighted by molar-refractivity contribution is 5.87. The second kappa shape index (κ2) is 3.40. The van der Waals surface area contributed by atoms with E-state index in [0.717, 1.165) is 11.8 Å². The van der Waals surface area contributed by atoms with Crippen molar-refractivity contribution in [3.63, 3.8) is 0 Å². The molecule has 0 spiro atoms. The van der Waals surface area contributed by atoms with Crippen molar-refractivity contribution in [1.82, 2.24) is 0 Å². The summed E-state index contributed by atoms with van der Waals surface area (Å²) in [6.07, 6.45) is 7.97. The van der Waals surface area contributed by atoms with Crippen molar-refractivity contribution >= 4 is 5.97 Å². The summed E-state index contributed by atoms with van der Waals surface area (Å²) >= 11 is 0. The summed E-state index contributed by atoms with van der Waals surface area (Å²) in [5.74, 6) is 3.57. The Kier molecular flexibility index (Phi) is 2.09. The van der Waals surface area contributed by atoms with Gasteiger partial charge in [0.15, 0.2) is 0 Å². The Hall–Kier alpha value is -0.790. The van der Waals surface area contributed by atoms with Crippen LogP contribution in [0.3, 0.4) is 0 Å². The van der Waals surface area contributed by atoms with Gasteiger partial charge in [0.2, 0.25) is 0 Å². The van der Waals surface area contributed by atoms with Gasteiger partial charge in [0.05, 0.1) is 0 Å². The van der Waals surface area contributed by atoms with Gasteiger partial charge in [-0.3, -0.25) is 0 Å². The van der Waals surface area contributed by atoms with E-state index in [1.165, 1.54) is 38.5 Å². The van der Waals surface area contributed by atoms with E-state index in [2.05, 4.69) is 6.58 Å². The van der Waals surface area contributed by atoms with Crippen LogP contribution < -0.4 is 0 Å². The summed E-state index contributed by atoms with van der Waals surface area (Å²) < 4.78 is 6.11. The Morgan fingerprint density at radius 2 is 1.67 bits per heavy atom. The molecule has 4 aliphatic carbocycles. The highest BCUT2D eigenvalue weighted by Crippen LogP contribution is 2.71. The standard InChI is InChI=1S/C16H22O2/c1-9(2)15(17)18-16-12-5-3-10(7-12)14(16)11-4-6-13(16)8-11/h10-14H,1,3-8H2,2H3. The molecule has 4 bridgehead atoms. The van der Waals surface area contributed by atoms with Crippen molar-refractivity contribution in [3.8, 4) is 0 Å². The first kappa shape index (κ1) is 11.1. The minimum absolute atomic E-state index is 0.0676. The van der Waals surface area contributed by atoms with Crippen LogP contribution in [0.2, 0.25) is 0 Å². The third-order valence-corrected chi connectivity index (χ3v) is 6.38. The van der Waals surface area contributed by atoms with E-state index >= 15 is 0 Å². The Bertz CT molecular complexity index is 403. The first-order valence-electron chi connectivity index (χ1n) is 7.51. The lowest BCUT2D eigenvalue weighted by atomic mass is 9.67. The maximum atomic E-state index is 12.1. The Balaban J connectivity index is 1.72. The average Bonchev–Trinajstić information content (AvgIpc) is 3.07. The number of carbonyl (C=O) groups excluding carboxylic acids is 1. The summed E-state index contributed by atoms with van der Waals surface area (Å²) in [6, 6.07) is 0. The Labute approximate surface area is 109 Å². The van der Waals surface area contributed by atoms with Crippen molar-refractivity contribution in [1.29, 1.82) is 0 Å². The van der Waals surface area contributed by atoms with Gasteiger partial charge in [-0.2, -0.15) is 0 Å². The molecule has 0 N–H and O–H groups in total. The van der Waals surface area contributed by atoms with Crippen molar-refractivity contribution < 1.29 is 9.53 Å². The Morgan fingerprint density at radius 1 is 1.11 bits per heavy atom. The predicted molar refractivity (Wildman–Crippen MR) is 68.8 cm³/mol. The molecule has 0 radical (unpaired) electrons. The SMILES string of the molecule is C=C(C)C(=O)OC12C3CCC(C3)C1C1CCC2C1. The topological polar surface area (TPSA) is 26.3 Å². The summed E-state index contributed by atoms with van der Waals surface area (Å²) in [5, 5.41) is 0. The van der Waals surface area contributed by atoms with E-state index in [1.807, 2.05) is 0 Å². The van der Waals surface area contributed by atoms with Gasteiger partial charge >= 0.3 is 5.97 Å². The summed E-state index contributed by atoms with van der Waals surface area (Å²) in [6.45, 7) is 5.53. The molecule has 2 nitrogen and oxygen atoms in total. The molecule has 4 rings (SSSR count). The fraction of sp³-hybridized carbons (Fsp3) is 0.812. The van der Waals surface area contributed by atoms with Crippen LogP contribution >= 0.6 is 0 Å². The van der Waals surface area contributed by atoms with Gasteiger partial charge in [0.1, 0.15) is 5.60 Å². The van der Waals surface area contributed by atoms with Crippen LogP contribution in [0.1, 0.15) is 45.4 Å². The van der Waals surface area contributed by atoms with Gasteiger partial charge in [-0.25, -0.2) is 4.79 Å². The van der Waals surface area contributed by atoms with Gasteiger partial charge in [-0.1, -0.05) is 6.58 Å². The van der Waals surface area contributed by atoms with Crippen LogP contribution in [-0.4, -0.2) is 11.6 Å². The molecule has 0 aromatic carbocycles. The molecule has 0 saturated heterocycles. The smallest absolute Gasteiger partial charge is 0.333 e. The molecule has 4 fully saturated rings. The second-order valence-electron chi connectivity index (χ2n) is 7.09. The van der Waals surface area contributed by atoms with Crippen molar-refractivity contribution in [3.05, 3.63) is 12.2 Å². The lowest BCUT2D eigenvalue weighted by molar-refractivity contribution is -0.178. The van der Waals surface area contributed by atoms with E-state index in [0.29, 0.717) is 23.3 Å². The molecular weight excluding hydrogens is 224 g/mol. The maximum absolute atomic E-state index is 12.1. The fourth-order valence-electron chi connectivity index (χ4n) is 5.99. The molecule has 98 valence electrons. The lowest BCUT2D eigenvalue weighted by Gasteiger charge is -2.46. The average molecular weight is 246 g/mol. The molecule has 0 heterocycles. The van der Waals surface area contributed by atoms with Crippen molar-refractivity contribution in [2.75, 3.05) is 0 Å². The zero-order valence-electron chi connectivity index (χ0n) is 11.2. The molecule has 4 saturated carbocycles. The van der Waals surface area contributed by atoms with Crippen LogP contribution in [0.5, 0.6) is 0 Å². The molecule has 4 unspecified atom stereocenters. The van der Waals surface area contributed by atoms with Crippen LogP contribution in [0, 0.1) is 29.6 Å². The van der Waals surface area contributed by atoms with Crippen molar-refractivity contribution in [2.24, 2.45) is 29.6 Å². The summed E-state index contributed by atoms with van der Waals surface area (Å²) in [4.78, 5) is 12.1. The largest absolute Gasteiger partial charge is 0.455 e. The molecule has 0 amide bonds. The van der Waals surface area contributed by atoms with Gasteiger partial charge < -0.3 is 4.74 Å². The van der Waals surface area contributed by atoms with Crippen molar-refractivity contribution in [2.45, 2.75) is 51.0 Å². The summed E-state index contributed by atoms with van der Waals surface area (Å²) in [7, 11) is 0. The zero-order valence-corrected chi connectivity index (χ0v) is 11.2.